The Labute approximate surface area is 257 Å². The smallest absolute Gasteiger partial charge is 0.475 e. The van der Waals surface area contributed by atoms with E-state index in [4.69, 9.17) is 19.6 Å². The molecular weight excluding hydrogens is 593 g/mol. The van der Waals surface area contributed by atoms with E-state index in [2.05, 4.69) is 34.7 Å². The van der Waals surface area contributed by atoms with Crippen LogP contribution >= 0.6 is 0 Å². The molecule has 2 atom stereocenters. The number of hydrogen-bond donors (Lipinski definition) is 4. The van der Waals surface area contributed by atoms with Crippen LogP contribution in [0.15, 0.2) is 59.1 Å². The third-order valence-electron chi connectivity index (χ3n) is 7.98. The zero-order valence-corrected chi connectivity index (χ0v) is 24.8. The number of benzene rings is 2. The molecule has 1 aliphatic carbocycles. The average Bonchev–Trinajstić information content (AvgIpc) is 3.74. The lowest BCUT2D eigenvalue weighted by Crippen LogP contribution is -2.40. The number of nitrogens with zero attached hydrogens (tertiary/aromatic N) is 2. The van der Waals surface area contributed by atoms with Crippen LogP contribution < -0.4 is 10.8 Å². The number of nitrogens with one attached hydrogen (secondary N) is 2. The van der Waals surface area contributed by atoms with Gasteiger partial charge in [0.15, 0.2) is 0 Å². The van der Waals surface area contributed by atoms with Crippen LogP contribution in [0.2, 0.25) is 0 Å². The van der Waals surface area contributed by atoms with Gasteiger partial charge in [0.1, 0.15) is 5.76 Å². The topological polar surface area (TPSA) is 145 Å². The zero-order chi connectivity index (χ0) is 32.7. The summed E-state index contributed by atoms with van der Waals surface area (Å²) in [4.78, 5) is 34.8. The van der Waals surface area contributed by atoms with E-state index in [9.17, 15) is 22.8 Å². The third kappa shape index (κ3) is 9.02. The maximum Gasteiger partial charge on any atom is 0.490 e. The van der Waals surface area contributed by atoms with Crippen LogP contribution in [0.5, 0.6) is 0 Å². The maximum absolute atomic E-state index is 12.6. The summed E-state index contributed by atoms with van der Waals surface area (Å²) >= 11 is 0. The van der Waals surface area contributed by atoms with Crippen LogP contribution in [0.25, 0.3) is 17.2 Å². The molecule has 2 heterocycles. The highest BCUT2D eigenvalue weighted by molar-refractivity contribution is 5.94. The third-order valence-corrected chi connectivity index (χ3v) is 7.98. The predicted molar refractivity (Wildman–Crippen MR) is 158 cm³/mol. The first-order valence-corrected chi connectivity index (χ1v) is 14.5. The van der Waals surface area contributed by atoms with Gasteiger partial charge in [0.25, 0.3) is 5.91 Å². The number of hydrogen-bond acceptors (Lipinski definition) is 7. The number of carbonyl (C=O) groups is 3. The van der Waals surface area contributed by atoms with E-state index in [1.807, 2.05) is 18.7 Å². The number of halogens is 3. The Kier molecular flexibility index (Phi) is 10.8. The van der Waals surface area contributed by atoms with Gasteiger partial charge in [0.05, 0.1) is 5.69 Å². The molecule has 2 amide bonds. The number of piperidine rings is 1. The Morgan fingerprint density at radius 3 is 2.20 bits per heavy atom. The summed E-state index contributed by atoms with van der Waals surface area (Å²) in [5.41, 5.74) is 7.32. The molecule has 2 aromatic carbocycles. The van der Waals surface area contributed by atoms with Crippen molar-refractivity contribution < 1.29 is 42.4 Å². The Morgan fingerprint density at radius 2 is 1.67 bits per heavy atom. The summed E-state index contributed by atoms with van der Waals surface area (Å²) in [6, 6.07) is 16.0. The summed E-state index contributed by atoms with van der Waals surface area (Å²) in [7, 11) is 0. The molecule has 2 aliphatic rings. The van der Waals surface area contributed by atoms with E-state index in [1.54, 1.807) is 41.9 Å². The number of carbonyl (C=O) groups excluding carboxylic acids is 2. The summed E-state index contributed by atoms with van der Waals surface area (Å²) in [5.74, 6) is -1.31. The van der Waals surface area contributed by atoms with Gasteiger partial charge in [-0.15, -0.1) is 0 Å². The molecule has 0 spiro atoms. The zero-order valence-electron chi connectivity index (χ0n) is 24.8. The number of carboxylic acids is 1. The second kappa shape index (κ2) is 14.5. The molecule has 240 valence electrons. The lowest BCUT2D eigenvalue weighted by molar-refractivity contribution is -0.192. The van der Waals surface area contributed by atoms with Crippen molar-refractivity contribution in [2.24, 2.45) is 5.92 Å². The van der Waals surface area contributed by atoms with E-state index < -0.39 is 18.1 Å². The maximum atomic E-state index is 12.6. The van der Waals surface area contributed by atoms with E-state index in [-0.39, 0.29) is 5.91 Å². The quantitative estimate of drug-likeness (QED) is 0.153. The van der Waals surface area contributed by atoms with Gasteiger partial charge in [-0.2, -0.15) is 13.2 Å². The fraction of sp³-hybridized carbons (Fsp3) is 0.375. The van der Waals surface area contributed by atoms with Crippen molar-refractivity contribution in [1.29, 1.82) is 0 Å². The fourth-order valence-electron chi connectivity index (χ4n) is 5.34. The fourth-order valence-corrected chi connectivity index (χ4v) is 5.34. The van der Waals surface area contributed by atoms with Crippen LogP contribution in [-0.4, -0.2) is 70.0 Å². The molecule has 13 heteroatoms. The van der Waals surface area contributed by atoms with Gasteiger partial charge in [0, 0.05) is 42.3 Å². The van der Waals surface area contributed by atoms with Crippen molar-refractivity contribution in [2.45, 2.75) is 51.2 Å². The number of alkyl halides is 3. The number of hydroxylamine groups is 1. The normalized spacial score (nSPS) is 18.3. The largest absolute Gasteiger partial charge is 0.490 e. The van der Waals surface area contributed by atoms with Gasteiger partial charge >= 0.3 is 12.1 Å². The van der Waals surface area contributed by atoms with E-state index in [0.29, 0.717) is 23.4 Å². The minimum Gasteiger partial charge on any atom is -0.475 e. The highest BCUT2D eigenvalue weighted by Crippen LogP contribution is 2.42. The Morgan fingerprint density at radius 1 is 1.04 bits per heavy atom. The average molecular weight is 629 g/mol. The molecule has 10 nitrogen and oxygen atoms in total. The van der Waals surface area contributed by atoms with Crippen LogP contribution in [0, 0.1) is 19.8 Å². The van der Waals surface area contributed by atoms with E-state index >= 15 is 0 Å². The summed E-state index contributed by atoms with van der Waals surface area (Å²) < 4.78 is 37.0. The molecule has 0 bridgehead atoms. The van der Waals surface area contributed by atoms with Crippen molar-refractivity contribution in [2.75, 3.05) is 19.6 Å². The van der Waals surface area contributed by atoms with E-state index in [1.165, 1.54) is 12.0 Å². The summed E-state index contributed by atoms with van der Waals surface area (Å²) in [6.45, 7) is 6.45. The van der Waals surface area contributed by atoms with Crippen molar-refractivity contribution in [3.63, 3.8) is 0 Å². The van der Waals surface area contributed by atoms with Crippen LogP contribution in [0.4, 0.5) is 13.2 Å². The molecule has 2 fully saturated rings. The summed E-state index contributed by atoms with van der Waals surface area (Å²) in [6.07, 6.45) is 1.43. The van der Waals surface area contributed by atoms with Gasteiger partial charge in [-0.3, -0.25) is 14.8 Å². The molecule has 5 rings (SSSR count). The Bertz CT molecular complexity index is 1490. The van der Waals surface area contributed by atoms with Crippen LogP contribution in [-0.2, 0) is 9.59 Å². The van der Waals surface area contributed by atoms with Crippen molar-refractivity contribution in [3.05, 3.63) is 82.8 Å². The second-order valence-electron chi connectivity index (χ2n) is 11.1. The molecule has 1 aromatic heterocycles. The first-order valence-electron chi connectivity index (χ1n) is 14.5. The number of amides is 2. The number of aliphatic carboxylic acids is 1. The van der Waals surface area contributed by atoms with Crippen LogP contribution in [0.3, 0.4) is 0 Å². The molecule has 1 saturated carbocycles. The van der Waals surface area contributed by atoms with Crippen molar-refractivity contribution >= 4 is 23.9 Å². The molecule has 1 saturated heterocycles. The number of aromatic nitrogens is 1. The number of carboxylic acid groups (broad SMARTS) is 1. The molecule has 2 unspecified atom stereocenters. The molecule has 45 heavy (non-hydrogen) atoms. The van der Waals surface area contributed by atoms with Gasteiger partial charge in [-0.25, -0.2) is 10.3 Å². The van der Waals surface area contributed by atoms with Gasteiger partial charge < -0.3 is 19.8 Å². The van der Waals surface area contributed by atoms with Gasteiger partial charge in [-0.1, -0.05) is 41.6 Å². The molecule has 3 aromatic rings. The number of rotatable bonds is 8. The highest BCUT2D eigenvalue weighted by atomic mass is 19.4. The molecule has 1 aliphatic heterocycles. The van der Waals surface area contributed by atoms with Crippen LogP contribution in [0.1, 0.15) is 58.1 Å². The SMILES string of the molecule is Cc1noc(C)c1-c1ccc(C2CC2NCC2CCN(C(=O)/C=C/c3ccc(C(=O)NO)cc3)CC2)cc1.O=C(O)C(F)(F)F. The molecule has 4 N–H and O–H groups in total. The lowest BCUT2D eigenvalue weighted by Gasteiger charge is -2.31. The first-order chi connectivity index (χ1) is 21.4. The highest BCUT2D eigenvalue weighted by Gasteiger charge is 2.39. The van der Waals surface area contributed by atoms with E-state index in [0.717, 1.165) is 60.6 Å². The molecular formula is C32H35F3N4O6. The van der Waals surface area contributed by atoms with Gasteiger partial charge in [0.2, 0.25) is 5.91 Å². The monoisotopic (exact) mass is 628 g/mol. The summed E-state index contributed by atoms with van der Waals surface area (Å²) in [5, 5.41) is 23.6. The number of aryl methyl sites for hydroxylation is 2. The Balaban J connectivity index is 0.000000591. The first kappa shape index (κ1) is 33.4. The number of likely N-dealkylation sites (tertiary alicyclic amines) is 1. The lowest BCUT2D eigenvalue weighted by atomic mass is 9.96. The predicted octanol–water partition coefficient (Wildman–Crippen LogP) is 5.11. The molecule has 0 radical (unpaired) electrons. The minimum atomic E-state index is -5.08. The minimum absolute atomic E-state index is 0.0101. The Hall–Kier alpha value is -4.49. The standard InChI is InChI=1S/C30H34N4O4.C2HF3O2/c1-19-29(20(2)38-33-19)24-10-8-23(9-11-24)26-17-27(26)31-18-22-13-15-34(16-14-22)28(35)12-5-21-3-6-25(7-4-21)30(36)32-37;3-2(4,5)1(6)7/h3-12,22,26-27,31,37H,13-18H2,1-2H3,(H,32,36);(H,6,7)/b12-5+;. The van der Waals surface area contributed by atoms with Gasteiger partial charge in [-0.05, 0) is 80.5 Å². The second-order valence-corrected chi connectivity index (χ2v) is 11.1. The van der Waals surface area contributed by atoms with Crippen molar-refractivity contribution in [3.8, 4) is 11.1 Å². The van der Waals surface area contributed by atoms with Crippen molar-refractivity contribution in [1.82, 2.24) is 20.9 Å².